The number of aliphatic hydroxyl groups is 1. The smallest absolute Gasteiger partial charge is 0.311 e. The van der Waals surface area contributed by atoms with Crippen molar-refractivity contribution in [1.82, 2.24) is 9.80 Å². The number of aliphatic hydroxyl groups excluding tert-OH is 1. The van der Waals surface area contributed by atoms with Crippen LogP contribution in [0.1, 0.15) is 81.1 Å². The third-order valence-electron chi connectivity index (χ3n) is 8.95. The molecule has 0 aliphatic carbocycles. The lowest BCUT2D eigenvalue weighted by Crippen LogP contribution is -2.61. The van der Waals surface area contributed by atoms with Gasteiger partial charge in [-0.1, -0.05) is 58.9 Å². The number of cyclic esters (lactones) is 1. The Morgan fingerprint density at radius 2 is 1.74 bits per heavy atom. The van der Waals surface area contributed by atoms with Crippen LogP contribution in [-0.4, -0.2) is 79.6 Å². The normalized spacial score (nSPS) is 35.3. The summed E-state index contributed by atoms with van der Waals surface area (Å²) >= 11 is 1.57. The highest BCUT2D eigenvalue weighted by atomic mass is 32.2. The zero-order valence-electron chi connectivity index (χ0n) is 25.0. The van der Waals surface area contributed by atoms with Crippen molar-refractivity contribution in [1.29, 1.82) is 0 Å². The highest BCUT2D eigenvalue weighted by Crippen LogP contribution is 2.65. The van der Waals surface area contributed by atoms with Crippen LogP contribution in [0.15, 0.2) is 24.3 Å². The van der Waals surface area contributed by atoms with Crippen molar-refractivity contribution >= 4 is 29.5 Å². The molecule has 4 aliphatic heterocycles. The second-order valence-corrected chi connectivity index (χ2v) is 16.0. The molecule has 0 bridgehead atoms. The van der Waals surface area contributed by atoms with E-state index in [4.69, 9.17) is 4.74 Å². The molecule has 0 aromatic heterocycles. The third kappa shape index (κ3) is 5.20. The number of carbonyl (C=O) groups excluding carboxylic acids is 3. The molecule has 1 spiro atoms. The van der Waals surface area contributed by atoms with Gasteiger partial charge in [0.25, 0.3) is 0 Å². The van der Waals surface area contributed by atoms with Crippen molar-refractivity contribution in [3.05, 3.63) is 24.3 Å². The quantitative estimate of drug-likeness (QED) is 0.391. The fourth-order valence-electron chi connectivity index (χ4n) is 7.65. The zero-order valence-corrected chi connectivity index (χ0v) is 25.8. The van der Waals surface area contributed by atoms with Crippen LogP contribution in [0.4, 0.5) is 0 Å². The summed E-state index contributed by atoms with van der Waals surface area (Å²) in [7, 11) is 0. The van der Waals surface area contributed by atoms with Crippen molar-refractivity contribution in [3.63, 3.8) is 0 Å². The van der Waals surface area contributed by atoms with Crippen molar-refractivity contribution < 1.29 is 24.2 Å². The van der Waals surface area contributed by atoms with Gasteiger partial charge < -0.3 is 19.6 Å². The van der Waals surface area contributed by atoms with Gasteiger partial charge in [-0.2, -0.15) is 0 Å². The average molecular weight is 561 g/mol. The van der Waals surface area contributed by atoms with Crippen LogP contribution in [0, 0.1) is 23.2 Å². The van der Waals surface area contributed by atoms with E-state index in [9.17, 15) is 19.5 Å². The van der Waals surface area contributed by atoms with E-state index in [-0.39, 0.29) is 35.7 Å². The standard InChI is InChI=1S/C31H48N2O5S/c1-20(2)21(18-34)33-24-26(36)32(29(6,7)19-28(3,4)5)16-13-15-31(24)22(25(33)35)23-27(37)38-17-12-10-9-11-14-30(23,8)39-31/h11,13-15,20-24,34H,9-10,12,16-19H2,1-8H3/b14-11-/t21-,22-,23+,24?,30-,31-/m0/s1. The van der Waals surface area contributed by atoms with E-state index in [1.54, 1.807) is 16.7 Å². The van der Waals surface area contributed by atoms with E-state index >= 15 is 0 Å². The number of allylic oxidation sites excluding steroid dienone is 1. The van der Waals surface area contributed by atoms with E-state index in [0.717, 1.165) is 25.7 Å². The molecule has 8 heteroatoms. The van der Waals surface area contributed by atoms with Gasteiger partial charge in [-0.25, -0.2) is 0 Å². The van der Waals surface area contributed by atoms with Gasteiger partial charge >= 0.3 is 5.97 Å². The molecule has 7 nitrogen and oxygen atoms in total. The van der Waals surface area contributed by atoms with Crippen LogP contribution in [0.3, 0.4) is 0 Å². The van der Waals surface area contributed by atoms with Gasteiger partial charge in [0.05, 0.1) is 35.8 Å². The van der Waals surface area contributed by atoms with Crippen molar-refractivity contribution in [2.75, 3.05) is 19.8 Å². The molecule has 6 atom stereocenters. The van der Waals surface area contributed by atoms with Gasteiger partial charge in [0.15, 0.2) is 0 Å². The second kappa shape index (κ2) is 10.6. The largest absolute Gasteiger partial charge is 0.465 e. The number of carbonyl (C=O) groups is 3. The first kappa shape index (κ1) is 30.2. The fourth-order valence-corrected chi connectivity index (χ4v) is 9.79. The maximum Gasteiger partial charge on any atom is 0.311 e. The van der Waals surface area contributed by atoms with Gasteiger partial charge in [0, 0.05) is 16.8 Å². The van der Waals surface area contributed by atoms with E-state index in [1.165, 1.54) is 0 Å². The minimum absolute atomic E-state index is 0.0105. The summed E-state index contributed by atoms with van der Waals surface area (Å²) < 4.78 is 4.12. The summed E-state index contributed by atoms with van der Waals surface area (Å²) in [6, 6.07) is -1.36. The minimum atomic E-state index is -0.945. The number of fused-ring (bicyclic) bond motifs is 2. The molecule has 4 aliphatic rings. The predicted octanol–water partition coefficient (Wildman–Crippen LogP) is 4.59. The van der Waals surface area contributed by atoms with E-state index < -0.39 is 39.0 Å². The van der Waals surface area contributed by atoms with Gasteiger partial charge in [-0.15, -0.1) is 11.8 Å². The molecule has 0 aromatic carbocycles. The SMILES string of the molecule is CC(C)[C@H](CO)N1C(=O)[C@@H]2[C@@H]3C(=O)OCCCC/C=C\[C@]3(C)S[C@@]23C=CCN(C(C)(C)CC(C)(C)C)C(=O)C13. The number of likely N-dealkylation sites (tertiary alicyclic amines) is 1. The van der Waals surface area contributed by atoms with Crippen LogP contribution in [0.5, 0.6) is 0 Å². The molecule has 218 valence electrons. The number of hydrogen-bond acceptors (Lipinski definition) is 6. The Balaban J connectivity index is 1.90. The molecule has 39 heavy (non-hydrogen) atoms. The Kier molecular flexibility index (Phi) is 8.16. The lowest BCUT2D eigenvalue weighted by atomic mass is 9.74. The first-order chi connectivity index (χ1) is 18.1. The van der Waals surface area contributed by atoms with Gasteiger partial charge in [0.2, 0.25) is 11.8 Å². The molecule has 2 saturated heterocycles. The number of thioether (sulfide) groups is 1. The molecular weight excluding hydrogens is 512 g/mol. The Hall–Kier alpha value is -1.80. The lowest BCUT2D eigenvalue weighted by molar-refractivity contribution is -0.155. The molecule has 0 aromatic rings. The summed E-state index contributed by atoms with van der Waals surface area (Å²) in [5, 5.41) is 10.5. The third-order valence-corrected chi connectivity index (χ3v) is 10.7. The van der Waals surface area contributed by atoms with Crippen molar-refractivity contribution in [2.24, 2.45) is 23.2 Å². The highest BCUT2D eigenvalue weighted by molar-refractivity contribution is 8.02. The van der Waals surface area contributed by atoms with Gasteiger partial charge in [-0.05, 0) is 57.8 Å². The molecule has 0 radical (unpaired) electrons. The van der Waals surface area contributed by atoms with Crippen LogP contribution >= 0.6 is 11.8 Å². The number of hydrogen-bond donors (Lipinski definition) is 1. The van der Waals surface area contributed by atoms with Crippen molar-refractivity contribution in [3.8, 4) is 0 Å². The maximum atomic E-state index is 14.8. The monoisotopic (exact) mass is 560 g/mol. The molecule has 4 rings (SSSR count). The second-order valence-electron chi connectivity index (χ2n) is 14.2. The van der Waals surface area contributed by atoms with E-state index in [0.29, 0.717) is 13.2 Å². The molecule has 0 saturated carbocycles. The summed E-state index contributed by atoms with van der Waals surface area (Å²) in [4.78, 5) is 46.6. The molecule has 2 fully saturated rings. The highest BCUT2D eigenvalue weighted by Gasteiger charge is 2.74. The van der Waals surface area contributed by atoms with Gasteiger partial charge in [0.1, 0.15) is 6.04 Å². The van der Waals surface area contributed by atoms with Crippen LogP contribution < -0.4 is 0 Å². The number of rotatable bonds is 5. The van der Waals surface area contributed by atoms with Crippen LogP contribution in [0.2, 0.25) is 0 Å². The molecular formula is C31H48N2O5S. The number of nitrogens with zero attached hydrogens (tertiary/aromatic N) is 2. The minimum Gasteiger partial charge on any atom is -0.465 e. The summed E-state index contributed by atoms with van der Waals surface area (Å²) in [5.74, 6) is -2.26. The molecule has 1 unspecified atom stereocenters. The van der Waals surface area contributed by atoms with Crippen molar-refractivity contribution in [2.45, 2.75) is 108 Å². The topological polar surface area (TPSA) is 87.2 Å². The van der Waals surface area contributed by atoms with E-state index in [2.05, 4.69) is 46.8 Å². The zero-order chi connectivity index (χ0) is 29.0. The Morgan fingerprint density at radius 3 is 2.36 bits per heavy atom. The summed E-state index contributed by atoms with van der Waals surface area (Å²) in [5.41, 5.74) is -0.475. The molecule has 1 N–H and O–H groups in total. The summed E-state index contributed by atoms with van der Waals surface area (Å²) in [6.45, 7) is 17.2. The Labute approximate surface area is 238 Å². The molecule has 4 heterocycles. The van der Waals surface area contributed by atoms with Gasteiger partial charge in [-0.3, -0.25) is 14.4 Å². The maximum absolute atomic E-state index is 14.8. The predicted molar refractivity (Wildman–Crippen MR) is 155 cm³/mol. The fraction of sp³-hybridized carbons (Fsp3) is 0.774. The average Bonchev–Trinajstić information content (AvgIpc) is 3.12. The van der Waals surface area contributed by atoms with Crippen LogP contribution in [-0.2, 0) is 19.1 Å². The first-order valence-corrected chi connectivity index (χ1v) is 15.4. The first-order valence-electron chi connectivity index (χ1n) is 14.6. The number of esters is 1. The number of ether oxygens (including phenoxy) is 1. The molecule has 2 amide bonds. The lowest BCUT2D eigenvalue weighted by Gasteiger charge is -2.46. The summed E-state index contributed by atoms with van der Waals surface area (Å²) in [6.07, 6.45) is 11.6. The van der Waals surface area contributed by atoms with Crippen LogP contribution in [0.25, 0.3) is 0 Å². The van der Waals surface area contributed by atoms with E-state index in [1.807, 2.05) is 37.8 Å². The Bertz CT molecular complexity index is 1050. The number of amides is 2. The Morgan fingerprint density at radius 1 is 1.05 bits per heavy atom.